The quantitative estimate of drug-likeness (QED) is 0.765. The van der Waals surface area contributed by atoms with Gasteiger partial charge in [0.2, 0.25) is 0 Å². The van der Waals surface area contributed by atoms with Gasteiger partial charge in [0.25, 0.3) is 0 Å². The molecule has 130 valence electrons. The lowest BCUT2D eigenvalue weighted by Crippen LogP contribution is -2.28. The number of nitrogens with one attached hydrogen (secondary N) is 2. The molecular formula is C19H27N3O2. The Morgan fingerprint density at radius 3 is 3.08 bits per heavy atom. The third-order valence-corrected chi connectivity index (χ3v) is 4.91. The number of hydrogen-bond acceptors (Lipinski definition) is 4. The van der Waals surface area contributed by atoms with Crippen LogP contribution in [0.15, 0.2) is 18.5 Å². The molecule has 0 radical (unpaired) electrons. The maximum atomic E-state index is 12.3. The Hall–Kier alpha value is -2.04. The highest BCUT2D eigenvalue weighted by Crippen LogP contribution is 2.33. The number of esters is 1. The zero-order valence-corrected chi connectivity index (χ0v) is 14.6. The van der Waals surface area contributed by atoms with Crippen LogP contribution in [0.4, 0.5) is 5.69 Å². The van der Waals surface area contributed by atoms with Crippen molar-refractivity contribution in [3.63, 3.8) is 0 Å². The maximum Gasteiger partial charge on any atom is 0.341 e. The molecule has 3 rings (SSSR count). The molecule has 2 N–H and O–H groups in total. The van der Waals surface area contributed by atoms with Crippen LogP contribution in [0.5, 0.6) is 0 Å². The molecule has 0 bridgehead atoms. The Labute approximate surface area is 143 Å². The minimum Gasteiger partial charge on any atom is -0.462 e. The Kier molecular flexibility index (Phi) is 5.38. The van der Waals surface area contributed by atoms with Crippen LogP contribution in [0.3, 0.4) is 0 Å². The van der Waals surface area contributed by atoms with Gasteiger partial charge in [-0.2, -0.15) is 0 Å². The van der Waals surface area contributed by atoms with Crippen LogP contribution in [0, 0.1) is 5.92 Å². The minimum absolute atomic E-state index is 0.309. The average molecular weight is 329 g/mol. The van der Waals surface area contributed by atoms with E-state index in [1.165, 1.54) is 32.1 Å². The first-order valence-electron chi connectivity index (χ1n) is 9.12. The summed E-state index contributed by atoms with van der Waals surface area (Å²) in [5.74, 6) is 0.479. The Morgan fingerprint density at radius 2 is 2.29 bits per heavy atom. The number of carbonyl (C=O) groups is 1. The summed E-state index contributed by atoms with van der Waals surface area (Å²) >= 11 is 0. The molecular weight excluding hydrogens is 302 g/mol. The van der Waals surface area contributed by atoms with Crippen LogP contribution in [0.1, 0.15) is 62.7 Å². The van der Waals surface area contributed by atoms with Crippen molar-refractivity contribution in [2.45, 2.75) is 58.4 Å². The molecule has 0 saturated heterocycles. The van der Waals surface area contributed by atoms with Crippen molar-refractivity contribution in [2.75, 3.05) is 11.9 Å². The zero-order valence-electron chi connectivity index (χ0n) is 14.6. The van der Waals surface area contributed by atoms with Gasteiger partial charge in [-0.3, -0.25) is 0 Å². The van der Waals surface area contributed by atoms with Crippen LogP contribution >= 0.6 is 0 Å². The largest absolute Gasteiger partial charge is 0.462 e. The molecule has 1 aliphatic carbocycles. The van der Waals surface area contributed by atoms with Gasteiger partial charge >= 0.3 is 5.97 Å². The Morgan fingerprint density at radius 1 is 1.42 bits per heavy atom. The van der Waals surface area contributed by atoms with Crippen molar-refractivity contribution >= 4 is 22.7 Å². The van der Waals surface area contributed by atoms with E-state index >= 15 is 0 Å². The lowest BCUT2D eigenvalue weighted by molar-refractivity contribution is 0.0527. The summed E-state index contributed by atoms with van der Waals surface area (Å²) in [7, 11) is 0. The van der Waals surface area contributed by atoms with Crippen molar-refractivity contribution in [1.29, 1.82) is 0 Å². The summed E-state index contributed by atoms with van der Waals surface area (Å²) in [5.41, 5.74) is 2.19. The van der Waals surface area contributed by atoms with Crippen LogP contribution in [-0.2, 0) is 4.74 Å². The van der Waals surface area contributed by atoms with Gasteiger partial charge in [0, 0.05) is 23.8 Å². The number of nitrogens with zero attached hydrogens (tertiary/aromatic N) is 1. The van der Waals surface area contributed by atoms with E-state index in [-0.39, 0.29) is 5.97 Å². The number of rotatable bonds is 6. The number of pyridine rings is 1. The minimum atomic E-state index is -0.309. The summed E-state index contributed by atoms with van der Waals surface area (Å²) < 4.78 is 5.21. The highest BCUT2D eigenvalue weighted by Gasteiger charge is 2.24. The van der Waals surface area contributed by atoms with Gasteiger partial charge in [0.1, 0.15) is 11.2 Å². The van der Waals surface area contributed by atoms with E-state index in [9.17, 15) is 4.79 Å². The predicted molar refractivity (Wildman–Crippen MR) is 96.3 cm³/mol. The fourth-order valence-corrected chi connectivity index (χ4v) is 3.82. The molecule has 5 nitrogen and oxygen atoms in total. The van der Waals surface area contributed by atoms with Gasteiger partial charge in [-0.1, -0.05) is 32.6 Å². The van der Waals surface area contributed by atoms with Crippen molar-refractivity contribution in [2.24, 2.45) is 5.92 Å². The number of H-pyrrole nitrogens is 1. The second kappa shape index (κ2) is 7.69. The van der Waals surface area contributed by atoms with Crippen molar-refractivity contribution in [3.8, 4) is 0 Å². The molecule has 2 aromatic heterocycles. The van der Waals surface area contributed by atoms with Gasteiger partial charge in [0.05, 0.1) is 12.3 Å². The number of ether oxygens (including phenoxy) is 1. The van der Waals surface area contributed by atoms with Gasteiger partial charge in [0.15, 0.2) is 0 Å². The van der Waals surface area contributed by atoms with Gasteiger partial charge in [-0.05, 0) is 31.7 Å². The Balaban J connectivity index is 1.87. The molecule has 1 aliphatic rings. The van der Waals surface area contributed by atoms with Crippen LogP contribution in [-0.4, -0.2) is 28.6 Å². The summed E-state index contributed by atoms with van der Waals surface area (Å²) in [6.07, 6.45) is 10.9. The first-order chi connectivity index (χ1) is 11.7. The molecule has 0 aliphatic heterocycles. The second-order valence-electron chi connectivity index (χ2n) is 6.67. The number of aromatic nitrogens is 2. The Bertz CT molecular complexity index is 693. The van der Waals surface area contributed by atoms with E-state index in [0.717, 1.165) is 29.1 Å². The van der Waals surface area contributed by atoms with Crippen molar-refractivity contribution in [1.82, 2.24) is 9.97 Å². The molecule has 2 aromatic rings. The first-order valence-corrected chi connectivity index (χ1v) is 9.12. The summed E-state index contributed by atoms with van der Waals surface area (Å²) in [6.45, 7) is 4.44. The van der Waals surface area contributed by atoms with E-state index in [0.29, 0.717) is 18.2 Å². The van der Waals surface area contributed by atoms with E-state index in [4.69, 9.17) is 4.74 Å². The highest BCUT2D eigenvalue weighted by molar-refractivity contribution is 6.04. The molecule has 0 spiro atoms. The molecule has 1 fully saturated rings. The zero-order chi connectivity index (χ0) is 16.9. The number of aromatic amines is 1. The summed E-state index contributed by atoms with van der Waals surface area (Å²) in [6, 6.07) is 2.38. The molecule has 2 heterocycles. The lowest BCUT2D eigenvalue weighted by Gasteiger charge is -2.31. The number of anilines is 1. The number of fused-ring (bicyclic) bond motifs is 1. The monoisotopic (exact) mass is 329 g/mol. The fraction of sp³-hybridized carbons (Fsp3) is 0.579. The standard InChI is InChI=1S/C19H27N3O2/c1-3-6-13-7-5-8-14(11-13)22-17-15-9-10-20-18(15)21-12-16(17)19(23)24-4-2/h9-10,12-14H,3-8,11H2,1-2H3,(H2,20,21,22). The van der Waals surface area contributed by atoms with Gasteiger partial charge < -0.3 is 15.0 Å². The van der Waals surface area contributed by atoms with E-state index < -0.39 is 0 Å². The van der Waals surface area contributed by atoms with E-state index in [1.54, 1.807) is 6.20 Å². The third kappa shape index (κ3) is 3.55. The topological polar surface area (TPSA) is 67.0 Å². The van der Waals surface area contributed by atoms with Crippen LogP contribution in [0.25, 0.3) is 11.0 Å². The maximum absolute atomic E-state index is 12.3. The first kappa shape index (κ1) is 16.8. The second-order valence-corrected chi connectivity index (χ2v) is 6.67. The number of hydrogen-bond donors (Lipinski definition) is 2. The van der Waals surface area contributed by atoms with Crippen LogP contribution in [0.2, 0.25) is 0 Å². The SMILES string of the molecule is CCCC1CCCC(Nc2c(C(=O)OCC)cnc3[nH]ccc23)C1. The highest BCUT2D eigenvalue weighted by atomic mass is 16.5. The third-order valence-electron chi connectivity index (χ3n) is 4.91. The van der Waals surface area contributed by atoms with Crippen molar-refractivity contribution < 1.29 is 9.53 Å². The number of carbonyl (C=O) groups excluding carboxylic acids is 1. The van der Waals surface area contributed by atoms with Gasteiger partial charge in [-0.15, -0.1) is 0 Å². The van der Waals surface area contributed by atoms with Gasteiger partial charge in [-0.25, -0.2) is 9.78 Å². The molecule has 2 atom stereocenters. The lowest BCUT2D eigenvalue weighted by atomic mass is 9.83. The molecule has 5 heteroatoms. The van der Waals surface area contributed by atoms with E-state index in [2.05, 4.69) is 22.2 Å². The molecule has 0 amide bonds. The van der Waals surface area contributed by atoms with Crippen LogP contribution < -0.4 is 5.32 Å². The summed E-state index contributed by atoms with van der Waals surface area (Å²) in [4.78, 5) is 19.8. The molecule has 2 unspecified atom stereocenters. The van der Waals surface area contributed by atoms with E-state index in [1.807, 2.05) is 19.2 Å². The molecule has 0 aromatic carbocycles. The average Bonchev–Trinajstić information content (AvgIpc) is 3.05. The predicted octanol–water partition coefficient (Wildman–Crippen LogP) is 4.51. The normalized spacial score (nSPS) is 20.9. The molecule has 1 saturated carbocycles. The smallest absolute Gasteiger partial charge is 0.341 e. The summed E-state index contributed by atoms with van der Waals surface area (Å²) in [5, 5.41) is 4.60. The van der Waals surface area contributed by atoms with Crippen molar-refractivity contribution in [3.05, 3.63) is 24.0 Å². The fourth-order valence-electron chi connectivity index (χ4n) is 3.82. The molecule has 24 heavy (non-hydrogen) atoms.